The zero-order valence-electron chi connectivity index (χ0n) is 12.9. The summed E-state index contributed by atoms with van der Waals surface area (Å²) in [4.78, 5) is 46.0. The van der Waals surface area contributed by atoms with Crippen LogP contribution in [-0.4, -0.2) is 76.2 Å². The van der Waals surface area contributed by atoms with Gasteiger partial charge >= 0.3 is 5.97 Å². The number of nitrogens with one attached hydrogen (secondary N) is 3. The fourth-order valence-corrected chi connectivity index (χ4v) is 1.91. The van der Waals surface area contributed by atoms with Crippen molar-refractivity contribution >= 4 is 48.9 Å². The van der Waals surface area contributed by atoms with Gasteiger partial charge in [-0.15, -0.1) is 0 Å². The normalized spacial score (nSPS) is 15.5. The molecule has 3 amide bonds. The van der Waals surface area contributed by atoms with Crippen LogP contribution < -0.4 is 21.7 Å². The van der Waals surface area contributed by atoms with Crippen molar-refractivity contribution < 1.29 is 29.4 Å². The highest BCUT2D eigenvalue weighted by Gasteiger charge is 2.25. The molecule has 0 saturated carbocycles. The van der Waals surface area contributed by atoms with Crippen molar-refractivity contribution in [3.05, 3.63) is 0 Å². The minimum atomic E-state index is -1.26. The van der Waals surface area contributed by atoms with E-state index in [1.54, 1.807) is 0 Å². The summed E-state index contributed by atoms with van der Waals surface area (Å²) < 4.78 is 0. The highest BCUT2D eigenvalue weighted by molar-refractivity contribution is 7.80. The van der Waals surface area contributed by atoms with Crippen LogP contribution >= 0.6 is 25.3 Å². The molecule has 0 heterocycles. The fourth-order valence-electron chi connectivity index (χ4n) is 1.40. The van der Waals surface area contributed by atoms with Gasteiger partial charge in [0, 0.05) is 11.5 Å². The van der Waals surface area contributed by atoms with Gasteiger partial charge in [-0.05, 0) is 6.92 Å². The van der Waals surface area contributed by atoms with Gasteiger partial charge in [0.15, 0.2) is 0 Å². The molecule has 0 aromatic carbocycles. The summed E-state index contributed by atoms with van der Waals surface area (Å²) >= 11 is 7.73. The number of aliphatic hydroxyl groups excluding tert-OH is 1. The minimum absolute atomic E-state index is 0.0857. The van der Waals surface area contributed by atoms with Gasteiger partial charge in [0.05, 0.1) is 12.6 Å². The summed E-state index contributed by atoms with van der Waals surface area (Å²) in [5.41, 5.74) is 5.39. The smallest absolute Gasteiger partial charge is 0.327 e. The molecule has 0 aliphatic carbocycles. The van der Waals surface area contributed by atoms with Crippen LogP contribution in [0.5, 0.6) is 0 Å². The third-order valence-corrected chi connectivity index (χ3v) is 3.61. The molecule has 0 aliphatic rings. The summed E-state index contributed by atoms with van der Waals surface area (Å²) in [6.45, 7) is 0.859. The van der Waals surface area contributed by atoms with Crippen LogP contribution in [0, 0.1) is 0 Å². The molecule has 0 saturated heterocycles. The van der Waals surface area contributed by atoms with E-state index in [4.69, 9.17) is 15.9 Å². The molecule has 10 nitrogen and oxygen atoms in total. The van der Waals surface area contributed by atoms with E-state index in [0.29, 0.717) is 0 Å². The maximum absolute atomic E-state index is 11.9. The van der Waals surface area contributed by atoms with Crippen molar-refractivity contribution in [2.45, 2.75) is 31.2 Å². The van der Waals surface area contributed by atoms with Crippen molar-refractivity contribution in [2.75, 3.05) is 18.1 Å². The number of nitrogens with two attached hydrogens (primary N) is 1. The van der Waals surface area contributed by atoms with Crippen LogP contribution in [0.1, 0.15) is 6.92 Å². The van der Waals surface area contributed by atoms with Gasteiger partial charge < -0.3 is 31.9 Å². The molecule has 0 fully saturated rings. The number of thiol groups is 2. The van der Waals surface area contributed by atoms with E-state index in [-0.39, 0.29) is 11.5 Å². The molecule has 0 rings (SSSR count). The van der Waals surface area contributed by atoms with Gasteiger partial charge in [-0.25, -0.2) is 4.79 Å². The Balaban J connectivity index is 4.50. The molecular weight excluding hydrogens is 360 g/mol. The Labute approximate surface area is 149 Å². The lowest BCUT2D eigenvalue weighted by Gasteiger charge is -2.20. The monoisotopic (exact) mass is 382 g/mol. The Bertz CT molecular complexity index is 476. The topological polar surface area (TPSA) is 171 Å². The third-order valence-electron chi connectivity index (χ3n) is 2.88. The van der Waals surface area contributed by atoms with E-state index in [2.05, 4.69) is 41.2 Å². The summed E-state index contributed by atoms with van der Waals surface area (Å²) in [5, 5.41) is 24.7. The summed E-state index contributed by atoms with van der Waals surface area (Å²) in [6.07, 6.45) is -1.08. The molecule has 7 N–H and O–H groups in total. The second-order valence-electron chi connectivity index (χ2n) is 4.87. The SMILES string of the molecule is CC(O)C(N)C(=O)NCC(=O)NC(CS)C(=O)NC(CS)C(=O)O. The highest BCUT2D eigenvalue weighted by atomic mass is 32.1. The largest absolute Gasteiger partial charge is 0.480 e. The molecule has 0 radical (unpaired) electrons. The zero-order chi connectivity index (χ0) is 18.9. The van der Waals surface area contributed by atoms with Gasteiger partial charge in [-0.3, -0.25) is 14.4 Å². The average Bonchev–Trinajstić information content (AvgIpc) is 2.53. The fraction of sp³-hybridized carbons (Fsp3) is 0.667. The van der Waals surface area contributed by atoms with Crippen molar-refractivity contribution in [1.29, 1.82) is 0 Å². The Hall–Kier alpha value is -1.50. The van der Waals surface area contributed by atoms with Gasteiger partial charge in [0.2, 0.25) is 17.7 Å². The lowest BCUT2D eigenvalue weighted by Crippen LogP contribution is -2.55. The third kappa shape index (κ3) is 7.86. The van der Waals surface area contributed by atoms with E-state index in [0.717, 1.165) is 0 Å². The molecule has 24 heavy (non-hydrogen) atoms. The van der Waals surface area contributed by atoms with Crippen molar-refractivity contribution in [3.8, 4) is 0 Å². The molecule has 4 atom stereocenters. The van der Waals surface area contributed by atoms with Gasteiger partial charge in [0.25, 0.3) is 0 Å². The summed E-state index contributed by atoms with van der Waals surface area (Å²) in [6, 6.07) is -3.48. The lowest BCUT2D eigenvalue weighted by molar-refractivity contribution is -0.141. The van der Waals surface area contributed by atoms with Crippen LogP contribution in [0.4, 0.5) is 0 Å². The first-order valence-corrected chi connectivity index (χ1v) is 8.16. The first kappa shape index (κ1) is 22.5. The number of amides is 3. The zero-order valence-corrected chi connectivity index (χ0v) is 14.7. The average molecular weight is 382 g/mol. The maximum Gasteiger partial charge on any atom is 0.327 e. The number of rotatable bonds is 10. The maximum atomic E-state index is 11.9. The predicted octanol–water partition coefficient (Wildman–Crippen LogP) is -3.28. The number of aliphatic hydroxyl groups is 1. The quantitative estimate of drug-likeness (QED) is 0.183. The van der Waals surface area contributed by atoms with Crippen LogP contribution in [0.2, 0.25) is 0 Å². The minimum Gasteiger partial charge on any atom is -0.480 e. The molecule has 138 valence electrons. The molecule has 0 aliphatic heterocycles. The number of carbonyl (C=O) groups is 4. The van der Waals surface area contributed by atoms with E-state index >= 15 is 0 Å². The molecule has 4 unspecified atom stereocenters. The standard InChI is InChI=1S/C12H22N4O6S2/c1-5(17)9(13)11(20)14-2-8(18)15-6(3-23)10(19)16-7(4-24)12(21)22/h5-7,9,17,23-24H,2-4,13H2,1H3,(H,14,20)(H,15,18)(H,16,19)(H,21,22). The molecule has 0 aromatic heterocycles. The number of carboxylic acid groups (broad SMARTS) is 1. The summed E-state index contributed by atoms with van der Waals surface area (Å²) in [7, 11) is 0. The van der Waals surface area contributed by atoms with Crippen LogP contribution in [0.3, 0.4) is 0 Å². The number of hydrogen-bond acceptors (Lipinski definition) is 8. The van der Waals surface area contributed by atoms with Gasteiger partial charge in [-0.2, -0.15) is 25.3 Å². The number of carboxylic acids is 1. The highest BCUT2D eigenvalue weighted by Crippen LogP contribution is 1.94. The van der Waals surface area contributed by atoms with Crippen LogP contribution in [0.15, 0.2) is 0 Å². The number of aliphatic carboxylic acids is 1. The lowest BCUT2D eigenvalue weighted by atomic mass is 10.2. The van der Waals surface area contributed by atoms with Gasteiger partial charge in [-0.1, -0.05) is 0 Å². The van der Waals surface area contributed by atoms with E-state index < -0.39 is 54.5 Å². The van der Waals surface area contributed by atoms with Crippen molar-refractivity contribution in [3.63, 3.8) is 0 Å². The Kier molecular flexibility index (Phi) is 10.4. The van der Waals surface area contributed by atoms with E-state index in [1.165, 1.54) is 6.92 Å². The summed E-state index contributed by atoms with van der Waals surface area (Å²) in [5.74, 6) is -3.64. The van der Waals surface area contributed by atoms with Crippen LogP contribution in [0.25, 0.3) is 0 Å². The molecule has 0 aromatic rings. The Morgan fingerprint density at radius 1 is 1.04 bits per heavy atom. The predicted molar refractivity (Wildman–Crippen MR) is 91.9 cm³/mol. The Morgan fingerprint density at radius 3 is 2.00 bits per heavy atom. The second-order valence-corrected chi connectivity index (χ2v) is 5.60. The van der Waals surface area contributed by atoms with Crippen molar-refractivity contribution in [1.82, 2.24) is 16.0 Å². The first-order valence-electron chi connectivity index (χ1n) is 6.89. The first-order chi connectivity index (χ1) is 11.1. The Morgan fingerprint density at radius 2 is 1.58 bits per heavy atom. The van der Waals surface area contributed by atoms with Gasteiger partial charge in [0.1, 0.15) is 18.1 Å². The van der Waals surface area contributed by atoms with E-state index in [9.17, 15) is 19.2 Å². The number of carbonyl (C=O) groups excluding carboxylic acids is 3. The molecule has 0 bridgehead atoms. The molecular formula is C12H22N4O6S2. The molecule has 12 heteroatoms. The van der Waals surface area contributed by atoms with Crippen LogP contribution in [-0.2, 0) is 19.2 Å². The molecule has 0 spiro atoms. The van der Waals surface area contributed by atoms with E-state index in [1.807, 2.05) is 0 Å². The van der Waals surface area contributed by atoms with Crippen molar-refractivity contribution in [2.24, 2.45) is 5.73 Å². The second kappa shape index (κ2) is 11.1. The number of hydrogen-bond donors (Lipinski definition) is 8.